The second kappa shape index (κ2) is 8.59. The van der Waals surface area contributed by atoms with E-state index in [2.05, 4.69) is 0 Å². The number of benzene rings is 1. The molecular formula is C14H19FN2O2. The van der Waals surface area contributed by atoms with E-state index in [9.17, 15) is 4.39 Å². The normalized spacial score (nSPS) is 10.7. The molecule has 1 aromatic rings. The van der Waals surface area contributed by atoms with Gasteiger partial charge in [0.2, 0.25) is 0 Å². The Kier molecular flexibility index (Phi) is 7.04. The molecule has 0 spiro atoms. The molecule has 0 amide bonds. The van der Waals surface area contributed by atoms with E-state index in [1.807, 2.05) is 11.0 Å². The Bertz CT molecular complexity index is 424. The van der Waals surface area contributed by atoms with Gasteiger partial charge in [-0.05, 0) is 18.2 Å². The lowest BCUT2D eigenvalue weighted by Crippen LogP contribution is -2.30. The number of methoxy groups -OCH3 is 2. The number of halogens is 1. The zero-order chi connectivity index (χ0) is 14.1. The van der Waals surface area contributed by atoms with E-state index in [4.69, 9.17) is 14.7 Å². The van der Waals surface area contributed by atoms with E-state index in [1.165, 1.54) is 12.1 Å². The van der Waals surface area contributed by atoms with Gasteiger partial charge in [0, 0.05) is 39.4 Å². The minimum atomic E-state index is -0.293. The van der Waals surface area contributed by atoms with Gasteiger partial charge in [-0.25, -0.2) is 4.39 Å². The van der Waals surface area contributed by atoms with Gasteiger partial charge in [-0.1, -0.05) is 0 Å². The predicted molar refractivity (Wildman–Crippen MR) is 70.1 cm³/mol. The van der Waals surface area contributed by atoms with E-state index in [-0.39, 0.29) is 5.82 Å². The molecule has 0 aliphatic carbocycles. The maximum atomic E-state index is 13.7. The summed E-state index contributed by atoms with van der Waals surface area (Å²) in [7, 11) is 3.26. The first-order valence-electron chi connectivity index (χ1n) is 6.10. The van der Waals surface area contributed by atoms with Gasteiger partial charge in [0.25, 0.3) is 0 Å². The molecule has 1 rings (SSSR count). The largest absolute Gasteiger partial charge is 0.383 e. The third kappa shape index (κ3) is 5.35. The topological polar surface area (TPSA) is 45.5 Å². The Morgan fingerprint density at radius 1 is 1.21 bits per heavy atom. The van der Waals surface area contributed by atoms with Crippen LogP contribution in [0.5, 0.6) is 0 Å². The smallest absolute Gasteiger partial charge is 0.127 e. The summed E-state index contributed by atoms with van der Waals surface area (Å²) in [4.78, 5) is 2.03. The van der Waals surface area contributed by atoms with Gasteiger partial charge in [-0.3, -0.25) is 4.90 Å². The fourth-order valence-electron chi connectivity index (χ4n) is 1.72. The first kappa shape index (κ1) is 15.6. The van der Waals surface area contributed by atoms with Crippen LogP contribution in [0.15, 0.2) is 18.2 Å². The third-order valence-corrected chi connectivity index (χ3v) is 2.79. The summed E-state index contributed by atoms with van der Waals surface area (Å²) < 4.78 is 23.8. The van der Waals surface area contributed by atoms with E-state index in [0.717, 1.165) is 0 Å². The monoisotopic (exact) mass is 266 g/mol. The van der Waals surface area contributed by atoms with E-state index in [0.29, 0.717) is 44.0 Å². The van der Waals surface area contributed by atoms with Crippen molar-refractivity contribution in [1.82, 2.24) is 4.90 Å². The first-order valence-corrected chi connectivity index (χ1v) is 6.10. The molecule has 104 valence electrons. The van der Waals surface area contributed by atoms with Crippen LogP contribution in [0.2, 0.25) is 0 Å². The molecule has 0 unspecified atom stereocenters. The maximum absolute atomic E-state index is 13.7. The van der Waals surface area contributed by atoms with Crippen molar-refractivity contribution >= 4 is 0 Å². The molecule has 0 radical (unpaired) electrons. The number of ether oxygens (including phenoxy) is 2. The zero-order valence-corrected chi connectivity index (χ0v) is 11.4. The van der Waals surface area contributed by atoms with Crippen molar-refractivity contribution in [2.75, 3.05) is 40.5 Å². The molecule has 0 saturated heterocycles. The fraction of sp³-hybridized carbons (Fsp3) is 0.500. The molecule has 0 aliphatic heterocycles. The van der Waals surface area contributed by atoms with Crippen LogP contribution in [0.4, 0.5) is 4.39 Å². The predicted octanol–water partition coefficient (Wildman–Crippen LogP) is 1.79. The number of hydrogen-bond donors (Lipinski definition) is 0. The van der Waals surface area contributed by atoms with E-state index in [1.54, 1.807) is 20.3 Å². The van der Waals surface area contributed by atoms with Crippen molar-refractivity contribution in [1.29, 1.82) is 5.26 Å². The average Bonchev–Trinajstić information content (AvgIpc) is 2.43. The van der Waals surface area contributed by atoms with Crippen molar-refractivity contribution in [3.05, 3.63) is 35.1 Å². The second-order valence-electron chi connectivity index (χ2n) is 4.18. The van der Waals surface area contributed by atoms with Crippen LogP contribution in [0, 0.1) is 17.1 Å². The van der Waals surface area contributed by atoms with Gasteiger partial charge >= 0.3 is 0 Å². The molecule has 0 bridgehead atoms. The molecule has 0 heterocycles. The lowest BCUT2D eigenvalue weighted by atomic mass is 10.1. The number of nitrogens with zero attached hydrogens (tertiary/aromatic N) is 2. The van der Waals surface area contributed by atoms with Crippen molar-refractivity contribution in [3.8, 4) is 6.07 Å². The van der Waals surface area contributed by atoms with Crippen molar-refractivity contribution in [2.45, 2.75) is 6.54 Å². The van der Waals surface area contributed by atoms with Gasteiger partial charge in [-0.15, -0.1) is 0 Å². The van der Waals surface area contributed by atoms with Crippen molar-refractivity contribution in [3.63, 3.8) is 0 Å². The van der Waals surface area contributed by atoms with Crippen LogP contribution < -0.4 is 0 Å². The molecular weight excluding hydrogens is 247 g/mol. The number of nitriles is 1. The van der Waals surface area contributed by atoms with Crippen LogP contribution in [0.1, 0.15) is 11.1 Å². The second-order valence-corrected chi connectivity index (χ2v) is 4.18. The lowest BCUT2D eigenvalue weighted by Gasteiger charge is -2.22. The average molecular weight is 266 g/mol. The zero-order valence-electron chi connectivity index (χ0n) is 11.4. The van der Waals surface area contributed by atoms with Gasteiger partial charge in [-0.2, -0.15) is 5.26 Å². The quantitative estimate of drug-likeness (QED) is 0.719. The van der Waals surface area contributed by atoms with Gasteiger partial charge in [0.05, 0.1) is 24.8 Å². The fourth-order valence-corrected chi connectivity index (χ4v) is 1.72. The molecule has 0 saturated carbocycles. The van der Waals surface area contributed by atoms with Crippen LogP contribution in [-0.4, -0.2) is 45.4 Å². The first-order chi connectivity index (χ1) is 9.21. The molecule has 4 nitrogen and oxygen atoms in total. The van der Waals surface area contributed by atoms with E-state index >= 15 is 0 Å². The molecule has 19 heavy (non-hydrogen) atoms. The van der Waals surface area contributed by atoms with Crippen molar-refractivity contribution < 1.29 is 13.9 Å². The summed E-state index contributed by atoms with van der Waals surface area (Å²) in [6, 6.07) is 6.42. The highest BCUT2D eigenvalue weighted by Gasteiger charge is 2.10. The van der Waals surface area contributed by atoms with Crippen molar-refractivity contribution in [2.24, 2.45) is 0 Å². The summed E-state index contributed by atoms with van der Waals surface area (Å²) in [5.41, 5.74) is 0.987. The van der Waals surface area contributed by atoms with Gasteiger partial charge < -0.3 is 9.47 Å². The van der Waals surface area contributed by atoms with Crippen LogP contribution in [-0.2, 0) is 16.0 Å². The Morgan fingerprint density at radius 2 is 1.84 bits per heavy atom. The minimum absolute atomic E-state index is 0.293. The standard InChI is InChI=1S/C14H19FN2O2/c1-18-7-5-17(6-8-19-2)11-13-9-12(10-16)3-4-14(13)15/h3-4,9H,5-8,11H2,1-2H3. The summed E-state index contributed by atoms with van der Waals surface area (Å²) in [5.74, 6) is -0.293. The molecule has 1 aromatic carbocycles. The summed E-state index contributed by atoms with van der Waals surface area (Å²) in [6.07, 6.45) is 0. The Morgan fingerprint density at radius 3 is 2.37 bits per heavy atom. The van der Waals surface area contributed by atoms with Gasteiger partial charge in [0.15, 0.2) is 0 Å². The Balaban J connectivity index is 2.73. The minimum Gasteiger partial charge on any atom is -0.383 e. The Hall–Kier alpha value is -1.48. The SMILES string of the molecule is COCCN(CCOC)Cc1cc(C#N)ccc1F. The van der Waals surface area contributed by atoms with Crippen LogP contribution in [0.3, 0.4) is 0 Å². The van der Waals surface area contributed by atoms with Crippen LogP contribution >= 0.6 is 0 Å². The van der Waals surface area contributed by atoms with E-state index < -0.39 is 0 Å². The molecule has 0 N–H and O–H groups in total. The number of rotatable bonds is 8. The summed E-state index contributed by atoms with van der Waals surface area (Å²) >= 11 is 0. The van der Waals surface area contributed by atoms with Gasteiger partial charge in [0.1, 0.15) is 5.82 Å². The molecule has 0 aliphatic rings. The number of hydrogen-bond acceptors (Lipinski definition) is 4. The molecule has 5 heteroatoms. The highest BCUT2D eigenvalue weighted by Crippen LogP contribution is 2.12. The van der Waals surface area contributed by atoms with Crippen LogP contribution in [0.25, 0.3) is 0 Å². The molecule has 0 fully saturated rings. The highest BCUT2D eigenvalue weighted by molar-refractivity contribution is 5.33. The highest BCUT2D eigenvalue weighted by atomic mass is 19.1. The maximum Gasteiger partial charge on any atom is 0.127 e. The Labute approximate surface area is 113 Å². The summed E-state index contributed by atoms with van der Waals surface area (Å²) in [5, 5.41) is 8.84. The summed E-state index contributed by atoms with van der Waals surface area (Å²) in [6.45, 7) is 2.97. The lowest BCUT2D eigenvalue weighted by molar-refractivity contribution is 0.109. The molecule has 0 aromatic heterocycles. The molecule has 0 atom stereocenters. The third-order valence-electron chi connectivity index (χ3n) is 2.79.